The predicted molar refractivity (Wildman–Crippen MR) is 78.4 cm³/mol. The van der Waals surface area contributed by atoms with Crippen LogP contribution in [-0.2, 0) is 4.79 Å². The highest BCUT2D eigenvalue weighted by Crippen LogP contribution is 2.24. The summed E-state index contributed by atoms with van der Waals surface area (Å²) in [5, 5.41) is 55.3. The first-order valence-electron chi connectivity index (χ1n) is 6.38. The summed E-state index contributed by atoms with van der Waals surface area (Å²) in [6.45, 7) is -1.65. The number of rotatable bonds is 4. The van der Waals surface area contributed by atoms with Gasteiger partial charge in [-0.05, 0) is 0 Å². The van der Waals surface area contributed by atoms with Crippen molar-refractivity contribution in [2.45, 2.75) is 30.4 Å². The van der Waals surface area contributed by atoms with E-state index in [1.807, 2.05) is 0 Å². The fourth-order valence-electron chi connectivity index (χ4n) is 2.36. The molecule has 1 rings (SSSR count). The standard InChI is InChI=1S/C11H22N4O6.ClH/c1-14(11(12)13)2-7(18)15-5(3-16)8(19)10(21)9(20)6(15)4-17;/h5-6,8-10,16-17,19-21H,2-4H2,1H3,(H3,12,13);1H/t5-,6-,8-,9+,10?;/m1./s1. The van der Waals surface area contributed by atoms with Gasteiger partial charge in [0.2, 0.25) is 5.91 Å². The summed E-state index contributed by atoms with van der Waals surface area (Å²) in [5.41, 5.74) is 5.23. The molecule has 0 aromatic carbocycles. The van der Waals surface area contributed by atoms with Crippen LogP contribution in [0.2, 0.25) is 0 Å². The number of nitrogens with zero attached hydrogens (tertiary/aromatic N) is 2. The number of hydrogen-bond donors (Lipinski definition) is 7. The minimum absolute atomic E-state index is 0. The van der Waals surface area contributed by atoms with Gasteiger partial charge in [-0.15, -0.1) is 12.4 Å². The molecule has 1 saturated heterocycles. The lowest BCUT2D eigenvalue weighted by molar-refractivity contribution is -0.187. The number of likely N-dealkylation sites (N-methyl/N-ethyl adjacent to an activating group) is 1. The highest BCUT2D eigenvalue weighted by Gasteiger charge is 2.49. The van der Waals surface area contributed by atoms with Crippen LogP contribution in [0.3, 0.4) is 0 Å². The van der Waals surface area contributed by atoms with Gasteiger partial charge in [-0.2, -0.15) is 0 Å². The number of amides is 1. The number of carbonyl (C=O) groups excluding carboxylic acids is 1. The molecule has 1 aliphatic rings. The molecule has 1 fully saturated rings. The lowest BCUT2D eigenvalue weighted by atomic mass is 9.88. The van der Waals surface area contributed by atoms with Gasteiger partial charge in [-0.1, -0.05) is 0 Å². The number of aliphatic hydroxyl groups is 5. The van der Waals surface area contributed by atoms with Crippen LogP contribution in [0.25, 0.3) is 0 Å². The van der Waals surface area contributed by atoms with E-state index in [2.05, 4.69) is 0 Å². The molecular weight excluding hydrogens is 320 g/mol. The highest BCUT2D eigenvalue weighted by molar-refractivity contribution is 5.85. The SMILES string of the molecule is CN(CC(=O)N1[C@H](CO)[C@H](O)C(O)[C@H](O)[C@H]1CO)C(=N)N.Cl. The van der Waals surface area contributed by atoms with E-state index in [0.717, 1.165) is 9.80 Å². The van der Waals surface area contributed by atoms with Gasteiger partial charge in [0.05, 0.1) is 31.8 Å². The Labute approximate surface area is 133 Å². The van der Waals surface area contributed by atoms with E-state index in [0.29, 0.717) is 0 Å². The smallest absolute Gasteiger partial charge is 0.243 e. The maximum atomic E-state index is 12.3. The number of nitrogens with one attached hydrogen (secondary N) is 1. The molecule has 1 amide bonds. The molecule has 1 aliphatic heterocycles. The van der Waals surface area contributed by atoms with Gasteiger partial charge < -0.3 is 41.1 Å². The van der Waals surface area contributed by atoms with Crippen LogP contribution in [0.15, 0.2) is 0 Å². The van der Waals surface area contributed by atoms with Gasteiger partial charge in [0, 0.05) is 7.05 Å². The maximum Gasteiger partial charge on any atom is 0.243 e. The van der Waals surface area contributed by atoms with Gasteiger partial charge in [0.15, 0.2) is 5.96 Å². The summed E-state index contributed by atoms with van der Waals surface area (Å²) in [5.74, 6) is -1.02. The van der Waals surface area contributed by atoms with E-state index < -0.39 is 49.5 Å². The Bertz CT molecular complexity index is 383. The number of guanidine groups is 1. The van der Waals surface area contributed by atoms with Crippen molar-refractivity contribution >= 4 is 24.3 Å². The zero-order valence-corrected chi connectivity index (χ0v) is 12.8. The predicted octanol–water partition coefficient (Wildman–Crippen LogP) is -4.12. The fraction of sp³-hybridized carbons (Fsp3) is 0.818. The Morgan fingerprint density at radius 1 is 1.14 bits per heavy atom. The average Bonchev–Trinajstić information content (AvgIpc) is 2.44. The second kappa shape index (κ2) is 8.46. The molecule has 0 spiro atoms. The molecule has 0 aromatic rings. The van der Waals surface area contributed by atoms with Crippen LogP contribution in [0.1, 0.15) is 0 Å². The molecule has 0 aromatic heterocycles. The third-order valence-electron chi connectivity index (χ3n) is 3.65. The minimum Gasteiger partial charge on any atom is -0.394 e. The number of aliphatic hydroxyl groups excluding tert-OH is 5. The van der Waals surface area contributed by atoms with Crippen molar-refractivity contribution in [1.82, 2.24) is 9.80 Å². The Morgan fingerprint density at radius 2 is 1.55 bits per heavy atom. The lowest BCUT2D eigenvalue weighted by Crippen LogP contribution is -2.70. The molecular formula is C11H23ClN4O6. The van der Waals surface area contributed by atoms with Crippen molar-refractivity contribution in [3.63, 3.8) is 0 Å². The Hall–Kier alpha value is -1.17. The normalized spacial score (nSPS) is 31.4. The summed E-state index contributed by atoms with van der Waals surface area (Å²) in [6, 6.07) is -2.35. The van der Waals surface area contributed by atoms with E-state index in [9.17, 15) is 30.3 Å². The molecule has 22 heavy (non-hydrogen) atoms. The van der Waals surface area contributed by atoms with Crippen molar-refractivity contribution in [2.24, 2.45) is 5.73 Å². The number of halogens is 1. The maximum absolute atomic E-state index is 12.3. The first-order chi connectivity index (χ1) is 9.76. The van der Waals surface area contributed by atoms with Crippen LogP contribution in [0.5, 0.6) is 0 Å². The van der Waals surface area contributed by atoms with Gasteiger partial charge in [-0.25, -0.2) is 0 Å². The highest BCUT2D eigenvalue weighted by atomic mass is 35.5. The summed E-state index contributed by atoms with van der Waals surface area (Å²) >= 11 is 0. The zero-order chi connectivity index (χ0) is 16.3. The quantitative estimate of drug-likeness (QED) is 0.199. The van der Waals surface area contributed by atoms with Crippen LogP contribution >= 0.6 is 12.4 Å². The summed E-state index contributed by atoms with van der Waals surface area (Å²) in [6.07, 6.45) is -4.70. The monoisotopic (exact) mass is 342 g/mol. The third kappa shape index (κ3) is 3.97. The van der Waals surface area contributed by atoms with Gasteiger partial charge in [-0.3, -0.25) is 10.2 Å². The number of hydrogen-bond acceptors (Lipinski definition) is 7. The first kappa shape index (κ1) is 20.8. The van der Waals surface area contributed by atoms with Crippen molar-refractivity contribution in [2.75, 3.05) is 26.8 Å². The number of likely N-dealkylation sites (tertiary alicyclic amines) is 1. The molecule has 11 heteroatoms. The minimum atomic E-state index is -1.59. The fourth-order valence-corrected chi connectivity index (χ4v) is 2.36. The molecule has 1 heterocycles. The number of nitrogens with two attached hydrogens (primary N) is 1. The topological polar surface area (TPSA) is 175 Å². The van der Waals surface area contributed by atoms with Crippen LogP contribution in [0, 0.1) is 5.41 Å². The van der Waals surface area contributed by atoms with E-state index in [-0.39, 0.29) is 24.9 Å². The van der Waals surface area contributed by atoms with E-state index in [4.69, 9.17) is 11.1 Å². The summed E-state index contributed by atoms with van der Waals surface area (Å²) < 4.78 is 0. The Kier molecular flexibility index (Phi) is 8.01. The van der Waals surface area contributed by atoms with Crippen molar-refractivity contribution in [3.05, 3.63) is 0 Å². The third-order valence-corrected chi connectivity index (χ3v) is 3.65. The lowest BCUT2D eigenvalue weighted by Gasteiger charge is -2.48. The molecule has 5 atom stereocenters. The van der Waals surface area contributed by atoms with Gasteiger partial charge in [0.25, 0.3) is 0 Å². The second-order valence-electron chi connectivity index (χ2n) is 5.01. The molecule has 130 valence electrons. The van der Waals surface area contributed by atoms with Gasteiger partial charge in [0.1, 0.15) is 18.3 Å². The van der Waals surface area contributed by atoms with Crippen molar-refractivity contribution < 1.29 is 30.3 Å². The van der Waals surface area contributed by atoms with E-state index in [1.165, 1.54) is 7.05 Å². The molecule has 0 bridgehead atoms. The van der Waals surface area contributed by atoms with Crippen molar-refractivity contribution in [3.8, 4) is 0 Å². The largest absolute Gasteiger partial charge is 0.394 e. The molecule has 8 N–H and O–H groups in total. The first-order valence-corrected chi connectivity index (χ1v) is 6.38. The van der Waals surface area contributed by atoms with E-state index in [1.54, 1.807) is 0 Å². The summed E-state index contributed by atoms with van der Waals surface area (Å²) in [4.78, 5) is 14.3. The molecule has 0 aliphatic carbocycles. The van der Waals surface area contributed by atoms with Crippen LogP contribution < -0.4 is 5.73 Å². The van der Waals surface area contributed by atoms with E-state index >= 15 is 0 Å². The Morgan fingerprint density at radius 3 is 1.86 bits per heavy atom. The number of carbonyl (C=O) groups is 1. The van der Waals surface area contributed by atoms with Crippen LogP contribution in [0.4, 0.5) is 0 Å². The molecule has 10 nitrogen and oxygen atoms in total. The average molecular weight is 343 g/mol. The van der Waals surface area contributed by atoms with Crippen molar-refractivity contribution in [1.29, 1.82) is 5.41 Å². The molecule has 0 saturated carbocycles. The van der Waals surface area contributed by atoms with Gasteiger partial charge >= 0.3 is 0 Å². The zero-order valence-electron chi connectivity index (χ0n) is 12.0. The van der Waals surface area contributed by atoms with Crippen LogP contribution in [-0.4, -0.2) is 104 Å². The second-order valence-corrected chi connectivity index (χ2v) is 5.01. The Balaban J connectivity index is 0.00000441. The number of piperidine rings is 1. The molecule has 0 radical (unpaired) electrons. The summed E-state index contributed by atoms with van der Waals surface area (Å²) in [7, 11) is 1.40. The molecule has 1 unspecified atom stereocenters.